The molecule has 0 fully saturated rings. The number of hydrogen-bond acceptors (Lipinski definition) is 6. The molecule has 0 amide bonds. The monoisotopic (exact) mass is 500 g/mol. The first kappa shape index (κ1) is 23.8. The molecule has 1 aromatic carbocycles. The number of rotatable bonds is 6. The number of pyridine rings is 1. The number of fused-ring (bicyclic) bond motifs is 1. The zero-order valence-corrected chi connectivity index (χ0v) is 20.3. The van der Waals surface area contributed by atoms with Crippen LogP contribution in [0.5, 0.6) is 5.75 Å². The zero-order chi connectivity index (χ0) is 24.7. The van der Waals surface area contributed by atoms with Gasteiger partial charge in [0.25, 0.3) is 0 Å². The summed E-state index contributed by atoms with van der Waals surface area (Å²) in [5, 5.41) is 0.155. The van der Waals surface area contributed by atoms with Gasteiger partial charge in [0.05, 0.1) is 28.1 Å². The second kappa shape index (κ2) is 9.12. The molecule has 0 aliphatic rings. The fraction of sp³-hybridized carbons (Fsp3) is 0.208. The summed E-state index contributed by atoms with van der Waals surface area (Å²) in [4.78, 5) is 12.9. The quantitative estimate of drug-likeness (QED) is 0.352. The summed E-state index contributed by atoms with van der Waals surface area (Å²) < 4.78 is 23.4. The summed E-state index contributed by atoms with van der Waals surface area (Å²) in [6.45, 7) is 9.31. The van der Waals surface area contributed by atoms with Crippen LogP contribution in [-0.2, 0) is 0 Å². The number of imidazole rings is 1. The van der Waals surface area contributed by atoms with E-state index in [1.165, 1.54) is 6.20 Å². The summed E-state index contributed by atoms with van der Waals surface area (Å²) in [5.41, 5.74) is 14.3. The van der Waals surface area contributed by atoms with Crippen LogP contribution in [0, 0.1) is 5.82 Å². The lowest BCUT2D eigenvalue weighted by Crippen LogP contribution is -2.13. The lowest BCUT2D eigenvalue weighted by atomic mass is 9.93. The molecule has 4 aromatic rings. The Morgan fingerprint density at radius 1 is 1.21 bits per heavy atom. The Morgan fingerprint density at radius 2 is 1.94 bits per heavy atom. The molecule has 34 heavy (non-hydrogen) atoms. The topological polar surface area (TPSA) is 104 Å². The van der Waals surface area contributed by atoms with Gasteiger partial charge in [0.2, 0.25) is 0 Å². The first-order valence-electron chi connectivity index (χ1n) is 10.5. The van der Waals surface area contributed by atoms with E-state index in [1.807, 2.05) is 20.8 Å². The number of halogens is 3. The number of benzene rings is 1. The molecule has 0 aliphatic carbocycles. The van der Waals surface area contributed by atoms with Crippen molar-refractivity contribution in [3.05, 3.63) is 76.4 Å². The van der Waals surface area contributed by atoms with E-state index in [-0.39, 0.29) is 27.7 Å². The minimum atomic E-state index is -0.617. The van der Waals surface area contributed by atoms with Gasteiger partial charge in [-0.25, -0.2) is 14.4 Å². The van der Waals surface area contributed by atoms with Crippen LogP contribution in [-0.4, -0.2) is 25.5 Å². The van der Waals surface area contributed by atoms with Crippen molar-refractivity contribution in [1.82, 2.24) is 19.4 Å². The minimum absolute atomic E-state index is 0.0617. The van der Waals surface area contributed by atoms with Crippen LogP contribution in [0.3, 0.4) is 0 Å². The van der Waals surface area contributed by atoms with Crippen LogP contribution in [0.25, 0.3) is 22.3 Å². The molecular formula is C24H23Cl2FN6O. The fourth-order valence-corrected chi connectivity index (χ4v) is 4.28. The van der Waals surface area contributed by atoms with Crippen molar-refractivity contribution in [2.24, 2.45) is 5.73 Å². The fourth-order valence-electron chi connectivity index (χ4n) is 3.79. The molecule has 4 N–H and O–H groups in total. The molecule has 4 rings (SSSR count). The predicted molar refractivity (Wildman–Crippen MR) is 134 cm³/mol. The molecule has 0 radical (unpaired) electrons. The lowest BCUT2D eigenvalue weighted by Gasteiger charge is -2.23. The van der Waals surface area contributed by atoms with Crippen LogP contribution < -0.4 is 16.2 Å². The van der Waals surface area contributed by atoms with Crippen molar-refractivity contribution < 1.29 is 9.13 Å². The van der Waals surface area contributed by atoms with Crippen LogP contribution in [0.1, 0.15) is 43.8 Å². The van der Waals surface area contributed by atoms with Gasteiger partial charge in [0.1, 0.15) is 17.1 Å². The Kier molecular flexibility index (Phi) is 6.38. The van der Waals surface area contributed by atoms with Gasteiger partial charge in [0.15, 0.2) is 16.8 Å². The minimum Gasteiger partial charge on any atom is -0.490 e. The van der Waals surface area contributed by atoms with Gasteiger partial charge < -0.3 is 16.2 Å². The van der Waals surface area contributed by atoms with E-state index in [1.54, 1.807) is 35.0 Å². The highest BCUT2D eigenvalue weighted by Gasteiger charge is 2.28. The first-order chi connectivity index (χ1) is 16.1. The molecule has 0 unspecified atom stereocenters. The van der Waals surface area contributed by atoms with Crippen molar-refractivity contribution in [2.75, 3.05) is 5.73 Å². The highest BCUT2D eigenvalue weighted by Crippen LogP contribution is 2.44. The number of ether oxygens (including phenoxy) is 1. The normalized spacial score (nSPS) is 12.3. The van der Waals surface area contributed by atoms with E-state index in [2.05, 4.69) is 21.5 Å². The maximum absolute atomic E-state index is 15.5. The van der Waals surface area contributed by atoms with E-state index in [0.29, 0.717) is 39.6 Å². The number of nitrogens with zero attached hydrogens (tertiary/aromatic N) is 4. The molecular weight excluding hydrogens is 478 g/mol. The van der Waals surface area contributed by atoms with Crippen molar-refractivity contribution in [2.45, 2.75) is 32.8 Å². The number of aromatic nitrogens is 4. The first-order valence-corrected chi connectivity index (χ1v) is 11.2. The number of anilines is 1. The number of nitrogens with two attached hydrogens (primary N) is 2. The summed E-state index contributed by atoms with van der Waals surface area (Å²) in [6.07, 6.45) is 4.54. The van der Waals surface area contributed by atoms with Gasteiger partial charge in [-0.05, 0) is 26.0 Å². The average molecular weight is 501 g/mol. The summed E-state index contributed by atoms with van der Waals surface area (Å²) in [5.74, 6) is 0.143. The molecule has 7 nitrogen and oxygen atoms in total. The summed E-state index contributed by atoms with van der Waals surface area (Å²) in [7, 11) is 0. The van der Waals surface area contributed by atoms with Crippen molar-refractivity contribution >= 4 is 40.2 Å². The van der Waals surface area contributed by atoms with Gasteiger partial charge in [-0.1, -0.05) is 42.8 Å². The van der Waals surface area contributed by atoms with E-state index in [9.17, 15) is 0 Å². The van der Waals surface area contributed by atoms with E-state index in [0.717, 1.165) is 0 Å². The molecule has 3 aromatic heterocycles. The van der Waals surface area contributed by atoms with Crippen LogP contribution >= 0.6 is 23.2 Å². The van der Waals surface area contributed by atoms with E-state index < -0.39 is 11.7 Å². The molecule has 10 heteroatoms. The third-order valence-electron chi connectivity index (χ3n) is 5.36. The Balaban J connectivity index is 1.96. The zero-order valence-electron chi connectivity index (χ0n) is 18.8. The average Bonchev–Trinajstić information content (AvgIpc) is 3.13. The molecule has 0 aliphatic heterocycles. The predicted octanol–water partition coefficient (Wildman–Crippen LogP) is 5.69. The second-order valence-electron chi connectivity index (χ2n) is 8.10. The molecule has 176 valence electrons. The van der Waals surface area contributed by atoms with Crippen molar-refractivity contribution in [1.29, 1.82) is 0 Å². The molecule has 0 saturated heterocycles. The lowest BCUT2D eigenvalue weighted by molar-refractivity contribution is 0.239. The standard InChI is InChI=1S/C24H23Cl2FN6O/c1-11(2)34-21-15(12(3)24-32-22(26)20-23(29)30-7-8-33(20)24)9-16(25)19(27)18(21)14-5-6-17(13(4)28)31-10-14/h5-12H,4,28H2,1-3H3,(H2,29,30)/t12-/m1/s1. The Bertz CT molecular complexity index is 1400. The molecule has 1 atom stereocenters. The highest BCUT2D eigenvalue weighted by molar-refractivity contribution is 6.33. The molecule has 0 bridgehead atoms. The maximum atomic E-state index is 15.5. The van der Waals surface area contributed by atoms with Gasteiger partial charge in [-0.15, -0.1) is 0 Å². The van der Waals surface area contributed by atoms with Gasteiger partial charge in [-0.3, -0.25) is 9.38 Å². The summed E-state index contributed by atoms with van der Waals surface area (Å²) in [6, 6.07) is 4.91. The third-order valence-corrected chi connectivity index (χ3v) is 5.90. The molecule has 0 saturated carbocycles. The van der Waals surface area contributed by atoms with Gasteiger partial charge in [-0.2, -0.15) is 0 Å². The number of hydrogen-bond donors (Lipinski definition) is 2. The van der Waals surface area contributed by atoms with E-state index in [4.69, 9.17) is 39.4 Å². The van der Waals surface area contributed by atoms with Crippen LogP contribution in [0.15, 0.2) is 43.4 Å². The molecule has 0 spiro atoms. The van der Waals surface area contributed by atoms with Crippen LogP contribution in [0.4, 0.5) is 10.2 Å². The van der Waals surface area contributed by atoms with Gasteiger partial charge >= 0.3 is 0 Å². The van der Waals surface area contributed by atoms with Crippen molar-refractivity contribution in [3.63, 3.8) is 0 Å². The second-order valence-corrected chi connectivity index (χ2v) is 8.87. The Hall–Kier alpha value is -3.36. The third kappa shape index (κ3) is 4.15. The Labute approximate surface area is 206 Å². The maximum Gasteiger partial charge on any atom is 0.158 e. The van der Waals surface area contributed by atoms with Crippen molar-refractivity contribution in [3.8, 4) is 16.9 Å². The largest absolute Gasteiger partial charge is 0.490 e. The van der Waals surface area contributed by atoms with Crippen LogP contribution in [0.2, 0.25) is 10.2 Å². The number of nitrogen functional groups attached to an aromatic ring is 1. The summed E-state index contributed by atoms with van der Waals surface area (Å²) >= 11 is 12.7. The van der Waals surface area contributed by atoms with Gasteiger partial charge in [0, 0.05) is 35.6 Å². The highest BCUT2D eigenvalue weighted by atomic mass is 35.5. The SMILES string of the molecule is C=C(N)c1ccc(-c2c(F)c(Cl)cc([C@@H](C)c3nc(Cl)c4c(N)nccn34)c2OC(C)C)cn1. The molecule has 3 heterocycles. The smallest absolute Gasteiger partial charge is 0.158 e. The van der Waals surface area contributed by atoms with E-state index >= 15 is 4.39 Å². The Morgan fingerprint density at radius 3 is 2.56 bits per heavy atom.